The molecule has 0 spiro atoms. The summed E-state index contributed by atoms with van der Waals surface area (Å²) in [4.78, 5) is 15.2. The van der Waals surface area contributed by atoms with Crippen molar-refractivity contribution in [2.75, 3.05) is 6.61 Å². The first-order valence-corrected chi connectivity index (χ1v) is 7.04. The van der Waals surface area contributed by atoms with Crippen molar-refractivity contribution in [1.82, 2.24) is 4.98 Å². The van der Waals surface area contributed by atoms with E-state index in [4.69, 9.17) is 4.74 Å². The van der Waals surface area contributed by atoms with E-state index in [-0.39, 0.29) is 11.9 Å². The molecular weight excluding hydrogens is 238 g/mol. The van der Waals surface area contributed by atoms with Crippen LogP contribution in [0.25, 0.3) is 10.9 Å². The smallest absolute Gasteiger partial charge is 0.306 e. The molecule has 1 aliphatic carbocycles. The summed E-state index contributed by atoms with van der Waals surface area (Å²) in [6.07, 6.45) is 3.82. The average Bonchev–Trinajstić information content (AvgIpc) is 2.79. The van der Waals surface area contributed by atoms with Gasteiger partial charge in [-0.15, -0.1) is 0 Å². The Morgan fingerprint density at radius 1 is 1.42 bits per heavy atom. The number of aromatic amines is 1. The molecule has 0 saturated heterocycles. The van der Waals surface area contributed by atoms with Crippen molar-refractivity contribution >= 4 is 16.9 Å². The van der Waals surface area contributed by atoms with Gasteiger partial charge in [0.15, 0.2) is 0 Å². The molecule has 0 radical (unpaired) electrons. The van der Waals surface area contributed by atoms with E-state index in [0.29, 0.717) is 13.0 Å². The van der Waals surface area contributed by atoms with Crippen LogP contribution in [0.3, 0.4) is 0 Å². The number of hydrogen-bond donors (Lipinski definition) is 1. The third-order valence-corrected chi connectivity index (χ3v) is 3.95. The van der Waals surface area contributed by atoms with Crippen molar-refractivity contribution in [2.45, 2.75) is 38.5 Å². The summed E-state index contributed by atoms with van der Waals surface area (Å²) in [5.74, 6) is 0.203. The normalized spacial score (nSPS) is 18.3. The fourth-order valence-electron chi connectivity index (χ4n) is 3.13. The van der Waals surface area contributed by atoms with Crippen LogP contribution >= 0.6 is 0 Å². The van der Waals surface area contributed by atoms with E-state index in [1.807, 2.05) is 13.0 Å². The van der Waals surface area contributed by atoms with Gasteiger partial charge in [-0.25, -0.2) is 0 Å². The summed E-state index contributed by atoms with van der Waals surface area (Å²) in [5.41, 5.74) is 3.83. The van der Waals surface area contributed by atoms with Gasteiger partial charge in [-0.1, -0.05) is 18.2 Å². The maximum Gasteiger partial charge on any atom is 0.306 e. The highest BCUT2D eigenvalue weighted by atomic mass is 16.5. The van der Waals surface area contributed by atoms with E-state index < -0.39 is 0 Å². The number of carbonyl (C=O) groups is 1. The Labute approximate surface area is 113 Å². The number of fused-ring (bicyclic) bond motifs is 3. The van der Waals surface area contributed by atoms with Gasteiger partial charge in [0.05, 0.1) is 13.0 Å². The lowest BCUT2D eigenvalue weighted by atomic mass is 9.85. The van der Waals surface area contributed by atoms with Gasteiger partial charge in [0.2, 0.25) is 0 Å². The second kappa shape index (κ2) is 5.08. The lowest BCUT2D eigenvalue weighted by Gasteiger charge is -2.21. The van der Waals surface area contributed by atoms with Crippen molar-refractivity contribution in [3.8, 4) is 0 Å². The molecule has 1 aromatic carbocycles. The average molecular weight is 257 g/mol. The molecule has 2 aromatic rings. The summed E-state index contributed by atoms with van der Waals surface area (Å²) in [5, 5.41) is 1.31. The van der Waals surface area contributed by atoms with Crippen LogP contribution in [0.4, 0.5) is 0 Å². The van der Waals surface area contributed by atoms with E-state index in [1.54, 1.807) is 0 Å². The first-order valence-electron chi connectivity index (χ1n) is 7.04. The summed E-state index contributed by atoms with van der Waals surface area (Å²) in [7, 11) is 0. The SMILES string of the molecule is CCOC(=O)C[C@@H]1CCCc2c1[nH]c1ccccc21. The molecule has 3 nitrogen and oxygen atoms in total. The van der Waals surface area contributed by atoms with Crippen LogP contribution in [-0.2, 0) is 16.0 Å². The number of ether oxygens (including phenoxy) is 1. The minimum absolute atomic E-state index is 0.0843. The molecule has 1 aromatic heterocycles. The van der Waals surface area contributed by atoms with Gasteiger partial charge in [-0.2, -0.15) is 0 Å². The molecule has 100 valence electrons. The lowest BCUT2D eigenvalue weighted by Crippen LogP contribution is -2.15. The Morgan fingerprint density at radius 2 is 2.26 bits per heavy atom. The van der Waals surface area contributed by atoms with Crippen molar-refractivity contribution in [1.29, 1.82) is 0 Å². The van der Waals surface area contributed by atoms with Crippen LogP contribution in [0.5, 0.6) is 0 Å². The van der Waals surface area contributed by atoms with E-state index in [0.717, 1.165) is 19.3 Å². The highest BCUT2D eigenvalue weighted by Crippen LogP contribution is 2.37. The number of nitrogens with one attached hydrogen (secondary N) is 1. The number of H-pyrrole nitrogens is 1. The molecule has 0 amide bonds. The van der Waals surface area contributed by atoms with Crippen molar-refractivity contribution < 1.29 is 9.53 Å². The predicted octanol–water partition coefficient (Wildman–Crippen LogP) is 3.54. The standard InChI is InChI=1S/C16H19NO2/c1-2-19-15(18)10-11-6-5-8-13-12-7-3-4-9-14(12)17-16(11)13/h3-4,7,9,11,17H,2,5-6,8,10H2,1H3/t11-/m0/s1. The number of benzene rings is 1. The van der Waals surface area contributed by atoms with Crippen LogP contribution in [0.1, 0.15) is 43.4 Å². The van der Waals surface area contributed by atoms with Gasteiger partial charge >= 0.3 is 5.97 Å². The van der Waals surface area contributed by atoms with Crippen molar-refractivity contribution in [3.63, 3.8) is 0 Å². The largest absolute Gasteiger partial charge is 0.466 e. The molecule has 0 saturated carbocycles. The molecule has 19 heavy (non-hydrogen) atoms. The number of aromatic nitrogens is 1. The second-order valence-corrected chi connectivity index (χ2v) is 5.16. The molecule has 0 unspecified atom stereocenters. The molecule has 0 bridgehead atoms. The lowest BCUT2D eigenvalue weighted by molar-refractivity contribution is -0.143. The summed E-state index contributed by atoms with van der Waals surface area (Å²) in [6, 6.07) is 8.39. The molecular formula is C16H19NO2. The fourth-order valence-corrected chi connectivity index (χ4v) is 3.13. The zero-order chi connectivity index (χ0) is 13.2. The van der Waals surface area contributed by atoms with Crippen LogP contribution in [0.2, 0.25) is 0 Å². The van der Waals surface area contributed by atoms with E-state index in [1.165, 1.54) is 22.2 Å². The molecule has 3 heteroatoms. The number of hydrogen-bond acceptors (Lipinski definition) is 2. The first kappa shape index (κ1) is 12.3. The zero-order valence-electron chi connectivity index (χ0n) is 11.2. The Hall–Kier alpha value is -1.77. The predicted molar refractivity (Wildman–Crippen MR) is 75.2 cm³/mol. The monoisotopic (exact) mass is 257 g/mol. The molecule has 1 atom stereocenters. The highest BCUT2D eigenvalue weighted by Gasteiger charge is 2.26. The van der Waals surface area contributed by atoms with Crippen molar-refractivity contribution in [3.05, 3.63) is 35.5 Å². The van der Waals surface area contributed by atoms with Gasteiger partial charge < -0.3 is 9.72 Å². The van der Waals surface area contributed by atoms with Gasteiger partial charge in [0.1, 0.15) is 0 Å². The van der Waals surface area contributed by atoms with Gasteiger partial charge in [0, 0.05) is 22.5 Å². The maximum absolute atomic E-state index is 11.7. The molecule has 0 aliphatic heterocycles. The Morgan fingerprint density at radius 3 is 3.11 bits per heavy atom. The fraction of sp³-hybridized carbons (Fsp3) is 0.438. The van der Waals surface area contributed by atoms with Crippen LogP contribution in [0, 0.1) is 0 Å². The maximum atomic E-state index is 11.7. The first-order chi connectivity index (χ1) is 9.29. The molecule has 1 heterocycles. The summed E-state index contributed by atoms with van der Waals surface area (Å²) in [6.45, 7) is 2.32. The third-order valence-electron chi connectivity index (χ3n) is 3.95. The van der Waals surface area contributed by atoms with Gasteiger partial charge in [-0.05, 0) is 37.8 Å². The minimum atomic E-state index is -0.0843. The molecule has 1 N–H and O–H groups in total. The number of para-hydroxylation sites is 1. The highest BCUT2D eigenvalue weighted by molar-refractivity contribution is 5.85. The molecule has 1 aliphatic rings. The minimum Gasteiger partial charge on any atom is -0.466 e. The number of carbonyl (C=O) groups excluding carboxylic acids is 1. The summed E-state index contributed by atoms with van der Waals surface area (Å²) >= 11 is 0. The topological polar surface area (TPSA) is 42.1 Å². The molecule has 3 rings (SSSR count). The Balaban J connectivity index is 1.93. The number of aryl methyl sites for hydroxylation is 1. The van der Waals surface area contributed by atoms with Crippen LogP contribution in [-0.4, -0.2) is 17.6 Å². The summed E-state index contributed by atoms with van der Waals surface area (Å²) < 4.78 is 5.08. The third kappa shape index (κ3) is 2.25. The zero-order valence-corrected chi connectivity index (χ0v) is 11.2. The Bertz CT molecular complexity index is 600. The second-order valence-electron chi connectivity index (χ2n) is 5.16. The van der Waals surface area contributed by atoms with E-state index >= 15 is 0 Å². The van der Waals surface area contributed by atoms with Crippen LogP contribution < -0.4 is 0 Å². The van der Waals surface area contributed by atoms with Crippen molar-refractivity contribution in [2.24, 2.45) is 0 Å². The quantitative estimate of drug-likeness (QED) is 0.854. The van der Waals surface area contributed by atoms with E-state index in [9.17, 15) is 4.79 Å². The number of esters is 1. The van der Waals surface area contributed by atoms with Crippen LogP contribution in [0.15, 0.2) is 24.3 Å². The van der Waals surface area contributed by atoms with E-state index in [2.05, 4.69) is 23.2 Å². The van der Waals surface area contributed by atoms with Gasteiger partial charge in [-0.3, -0.25) is 4.79 Å². The number of rotatable bonds is 3. The van der Waals surface area contributed by atoms with Gasteiger partial charge in [0.25, 0.3) is 0 Å². The molecule has 0 fully saturated rings. The Kier molecular flexibility index (Phi) is 3.28.